The van der Waals surface area contributed by atoms with Gasteiger partial charge in [0, 0.05) is 0 Å². The minimum atomic E-state index is -0.272. The zero-order valence-corrected chi connectivity index (χ0v) is 9.18. The third-order valence-corrected chi connectivity index (χ3v) is 2.40. The third kappa shape index (κ3) is 8.04. The Morgan fingerprint density at radius 2 is 1.69 bits per heavy atom. The molecule has 0 aromatic heterocycles. The molecule has 1 atom stereocenters. The highest BCUT2D eigenvalue weighted by atomic mass is 16.3. The molecule has 0 fully saturated rings. The van der Waals surface area contributed by atoms with E-state index in [1.54, 1.807) is 0 Å². The molecule has 0 aromatic rings. The van der Waals surface area contributed by atoms with Gasteiger partial charge in [-0.2, -0.15) is 0 Å². The van der Waals surface area contributed by atoms with E-state index in [9.17, 15) is 5.11 Å². The van der Waals surface area contributed by atoms with Crippen LogP contribution in [-0.2, 0) is 0 Å². The highest BCUT2D eigenvalue weighted by Gasteiger charge is 2.02. The number of unbranched alkanes of at least 4 members (excludes halogenated alkanes) is 5. The average molecular weight is 184 g/mol. The molecule has 78 valence electrons. The first-order chi connectivity index (χ1) is 6.18. The van der Waals surface area contributed by atoms with Crippen LogP contribution in [0.4, 0.5) is 0 Å². The summed E-state index contributed by atoms with van der Waals surface area (Å²) in [6, 6.07) is 0. The van der Waals surface area contributed by atoms with Gasteiger partial charge in [-0.25, -0.2) is 0 Å². The smallest absolute Gasteiger partial charge is 0.0744 e. The lowest BCUT2D eigenvalue weighted by Gasteiger charge is -2.09. The number of rotatable bonds is 8. The molecule has 0 amide bonds. The van der Waals surface area contributed by atoms with Crippen molar-refractivity contribution in [2.45, 2.75) is 64.9 Å². The lowest BCUT2D eigenvalue weighted by molar-refractivity contribution is 0.196. The molecule has 1 nitrogen and oxygen atoms in total. The van der Waals surface area contributed by atoms with E-state index in [1.807, 2.05) is 6.92 Å². The zero-order chi connectivity index (χ0) is 10.1. The van der Waals surface area contributed by atoms with Crippen LogP contribution in [0.15, 0.2) is 12.2 Å². The fourth-order valence-corrected chi connectivity index (χ4v) is 1.36. The molecule has 0 radical (unpaired) electrons. The Labute approximate surface area is 82.9 Å². The van der Waals surface area contributed by atoms with Crippen LogP contribution in [0.1, 0.15) is 58.8 Å². The molecule has 0 bridgehead atoms. The van der Waals surface area contributed by atoms with Gasteiger partial charge in [0.05, 0.1) is 6.10 Å². The van der Waals surface area contributed by atoms with Crippen LogP contribution >= 0.6 is 0 Å². The summed E-state index contributed by atoms with van der Waals surface area (Å²) in [6.45, 7) is 7.85. The quantitative estimate of drug-likeness (QED) is 0.451. The number of hydrogen-bond donors (Lipinski definition) is 1. The predicted molar refractivity (Wildman–Crippen MR) is 58.8 cm³/mol. The van der Waals surface area contributed by atoms with E-state index in [1.165, 1.54) is 32.1 Å². The van der Waals surface area contributed by atoms with Gasteiger partial charge in [0.2, 0.25) is 0 Å². The van der Waals surface area contributed by atoms with Crippen molar-refractivity contribution < 1.29 is 5.11 Å². The Balaban J connectivity index is 3.11. The first kappa shape index (κ1) is 12.7. The summed E-state index contributed by atoms with van der Waals surface area (Å²) in [5.41, 5.74) is 0.897. The fraction of sp³-hybridized carbons (Fsp3) is 0.833. The van der Waals surface area contributed by atoms with Crippen LogP contribution in [0.25, 0.3) is 0 Å². The van der Waals surface area contributed by atoms with E-state index in [0.717, 1.165) is 18.4 Å². The topological polar surface area (TPSA) is 20.2 Å². The van der Waals surface area contributed by atoms with Crippen molar-refractivity contribution in [2.75, 3.05) is 0 Å². The fourth-order valence-electron chi connectivity index (χ4n) is 1.36. The standard InChI is InChI=1S/C12H24O/c1-4-5-6-7-8-9-10-12(13)11(2)3/h12-13H,2,4-10H2,1,3H3. The van der Waals surface area contributed by atoms with Gasteiger partial charge in [0.1, 0.15) is 0 Å². The number of hydrogen-bond acceptors (Lipinski definition) is 1. The predicted octanol–water partition coefficient (Wildman–Crippen LogP) is 3.67. The molecule has 1 heteroatoms. The monoisotopic (exact) mass is 184 g/mol. The van der Waals surface area contributed by atoms with Crippen molar-refractivity contribution >= 4 is 0 Å². The summed E-state index contributed by atoms with van der Waals surface area (Å²) >= 11 is 0. The van der Waals surface area contributed by atoms with Crippen LogP contribution in [0.2, 0.25) is 0 Å². The second-order valence-electron chi connectivity index (χ2n) is 3.92. The number of aliphatic hydroxyl groups is 1. The van der Waals surface area contributed by atoms with Crippen molar-refractivity contribution in [2.24, 2.45) is 0 Å². The highest BCUT2D eigenvalue weighted by Crippen LogP contribution is 2.11. The van der Waals surface area contributed by atoms with E-state index in [-0.39, 0.29) is 6.10 Å². The van der Waals surface area contributed by atoms with Gasteiger partial charge in [-0.15, -0.1) is 0 Å². The molecule has 1 unspecified atom stereocenters. The second kappa shape index (κ2) is 8.31. The summed E-state index contributed by atoms with van der Waals surface area (Å²) in [5.74, 6) is 0. The van der Waals surface area contributed by atoms with Crippen LogP contribution in [0.3, 0.4) is 0 Å². The molecule has 0 aliphatic heterocycles. The molecule has 1 N–H and O–H groups in total. The molecule has 0 aromatic carbocycles. The maximum Gasteiger partial charge on any atom is 0.0744 e. The van der Waals surface area contributed by atoms with Gasteiger partial charge >= 0.3 is 0 Å². The van der Waals surface area contributed by atoms with Crippen LogP contribution in [-0.4, -0.2) is 11.2 Å². The molecule has 0 spiro atoms. The molecule has 0 saturated heterocycles. The van der Waals surface area contributed by atoms with Crippen molar-refractivity contribution in [3.8, 4) is 0 Å². The number of aliphatic hydroxyl groups excluding tert-OH is 1. The minimum Gasteiger partial charge on any atom is -0.389 e. The summed E-state index contributed by atoms with van der Waals surface area (Å²) in [6.07, 6.45) is 8.32. The van der Waals surface area contributed by atoms with Crippen molar-refractivity contribution in [3.63, 3.8) is 0 Å². The third-order valence-electron chi connectivity index (χ3n) is 2.40. The molecule has 13 heavy (non-hydrogen) atoms. The molecule has 0 rings (SSSR count). The Hall–Kier alpha value is -0.300. The van der Waals surface area contributed by atoms with E-state index < -0.39 is 0 Å². The molecular formula is C12H24O. The maximum atomic E-state index is 9.43. The second-order valence-corrected chi connectivity index (χ2v) is 3.92. The van der Waals surface area contributed by atoms with E-state index >= 15 is 0 Å². The Bertz CT molecular complexity index is 129. The van der Waals surface area contributed by atoms with Crippen LogP contribution < -0.4 is 0 Å². The van der Waals surface area contributed by atoms with Gasteiger partial charge < -0.3 is 5.11 Å². The van der Waals surface area contributed by atoms with Gasteiger partial charge in [0.15, 0.2) is 0 Å². The summed E-state index contributed by atoms with van der Waals surface area (Å²) in [4.78, 5) is 0. The van der Waals surface area contributed by atoms with E-state index in [2.05, 4.69) is 13.5 Å². The normalized spacial score (nSPS) is 12.8. The van der Waals surface area contributed by atoms with Gasteiger partial charge in [-0.05, 0) is 13.3 Å². The zero-order valence-electron chi connectivity index (χ0n) is 9.18. The highest BCUT2D eigenvalue weighted by molar-refractivity contribution is 4.96. The van der Waals surface area contributed by atoms with Crippen LogP contribution in [0.5, 0.6) is 0 Å². The minimum absolute atomic E-state index is 0.272. The van der Waals surface area contributed by atoms with E-state index in [4.69, 9.17) is 0 Å². The molecule has 0 saturated carbocycles. The largest absolute Gasteiger partial charge is 0.389 e. The lowest BCUT2D eigenvalue weighted by atomic mass is 10.0. The molecular weight excluding hydrogens is 160 g/mol. The average Bonchev–Trinajstić information content (AvgIpc) is 2.10. The van der Waals surface area contributed by atoms with Crippen molar-refractivity contribution in [1.82, 2.24) is 0 Å². The maximum absolute atomic E-state index is 9.43. The molecule has 0 heterocycles. The van der Waals surface area contributed by atoms with Crippen molar-refractivity contribution in [3.05, 3.63) is 12.2 Å². The first-order valence-electron chi connectivity index (χ1n) is 5.52. The summed E-state index contributed by atoms with van der Waals surface area (Å²) < 4.78 is 0. The van der Waals surface area contributed by atoms with Gasteiger partial charge in [-0.1, -0.05) is 57.6 Å². The van der Waals surface area contributed by atoms with Crippen molar-refractivity contribution in [1.29, 1.82) is 0 Å². The van der Waals surface area contributed by atoms with Crippen LogP contribution in [0, 0.1) is 0 Å². The lowest BCUT2D eigenvalue weighted by Crippen LogP contribution is -2.06. The van der Waals surface area contributed by atoms with Gasteiger partial charge in [-0.3, -0.25) is 0 Å². The Morgan fingerprint density at radius 3 is 2.23 bits per heavy atom. The molecule has 0 aliphatic carbocycles. The Morgan fingerprint density at radius 1 is 1.15 bits per heavy atom. The van der Waals surface area contributed by atoms with Gasteiger partial charge in [0.25, 0.3) is 0 Å². The first-order valence-corrected chi connectivity index (χ1v) is 5.52. The SMILES string of the molecule is C=C(C)C(O)CCCCCCCC. The van der Waals surface area contributed by atoms with E-state index in [0.29, 0.717) is 0 Å². The summed E-state index contributed by atoms with van der Waals surface area (Å²) in [7, 11) is 0. The summed E-state index contributed by atoms with van der Waals surface area (Å²) in [5, 5.41) is 9.43. The Kier molecular flexibility index (Phi) is 8.11. The molecule has 0 aliphatic rings.